The molecule has 0 heterocycles. The van der Waals surface area contributed by atoms with Gasteiger partial charge in [0.05, 0.1) is 5.69 Å². The van der Waals surface area contributed by atoms with Gasteiger partial charge >= 0.3 is 0 Å². The molecule has 3 heteroatoms. The molecule has 0 amide bonds. The second-order valence-corrected chi connectivity index (χ2v) is 4.35. The van der Waals surface area contributed by atoms with Gasteiger partial charge in [0.1, 0.15) is 5.82 Å². The molecule has 1 aromatic rings. The van der Waals surface area contributed by atoms with Crippen molar-refractivity contribution < 1.29 is 4.39 Å². The molecule has 0 aliphatic rings. The third-order valence-electron chi connectivity index (χ3n) is 2.81. The number of hydrogen-bond acceptors (Lipinski definition) is 2. The molecule has 1 aromatic carbocycles. The van der Waals surface area contributed by atoms with E-state index in [1.807, 2.05) is 31.0 Å². The predicted molar refractivity (Wildman–Crippen MR) is 71.7 cm³/mol. The van der Waals surface area contributed by atoms with Gasteiger partial charge in [-0.3, -0.25) is 0 Å². The maximum Gasteiger partial charge on any atom is 0.146 e. The van der Waals surface area contributed by atoms with Crippen LogP contribution in [0.15, 0.2) is 30.9 Å². The molecule has 0 fully saturated rings. The summed E-state index contributed by atoms with van der Waals surface area (Å²) in [5.41, 5.74) is 7.16. The lowest BCUT2D eigenvalue weighted by molar-refractivity contribution is 0.615. The van der Waals surface area contributed by atoms with Crippen LogP contribution in [0.1, 0.15) is 31.4 Å². The van der Waals surface area contributed by atoms with E-state index in [-0.39, 0.29) is 11.9 Å². The lowest BCUT2D eigenvalue weighted by atomic mass is 10.1. The van der Waals surface area contributed by atoms with Gasteiger partial charge in [0, 0.05) is 19.6 Å². The molecule has 94 valence electrons. The average Bonchev–Trinajstić information content (AvgIpc) is 2.28. The molecule has 0 saturated carbocycles. The van der Waals surface area contributed by atoms with E-state index in [9.17, 15) is 4.39 Å². The molecule has 0 aromatic heterocycles. The molecule has 17 heavy (non-hydrogen) atoms. The Hall–Kier alpha value is -1.35. The normalized spacial score (nSPS) is 12.2. The minimum Gasteiger partial charge on any atom is -0.372 e. The first-order valence-corrected chi connectivity index (χ1v) is 5.93. The van der Waals surface area contributed by atoms with Gasteiger partial charge in [-0.05, 0) is 37.5 Å². The van der Waals surface area contributed by atoms with Crippen LogP contribution >= 0.6 is 0 Å². The summed E-state index contributed by atoms with van der Waals surface area (Å²) in [5, 5.41) is 0. The zero-order valence-corrected chi connectivity index (χ0v) is 10.6. The van der Waals surface area contributed by atoms with Crippen molar-refractivity contribution in [3.8, 4) is 0 Å². The number of nitrogens with two attached hydrogens (primary N) is 1. The van der Waals surface area contributed by atoms with Crippen LogP contribution in [0.5, 0.6) is 0 Å². The van der Waals surface area contributed by atoms with E-state index >= 15 is 0 Å². The van der Waals surface area contributed by atoms with E-state index in [0.29, 0.717) is 5.69 Å². The Morgan fingerprint density at radius 1 is 1.53 bits per heavy atom. The Morgan fingerprint density at radius 3 is 2.76 bits per heavy atom. The van der Waals surface area contributed by atoms with Gasteiger partial charge in [0.2, 0.25) is 0 Å². The fourth-order valence-corrected chi connectivity index (χ4v) is 1.71. The van der Waals surface area contributed by atoms with Crippen molar-refractivity contribution in [1.29, 1.82) is 0 Å². The van der Waals surface area contributed by atoms with E-state index < -0.39 is 0 Å². The second-order valence-electron chi connectivity index (χ2n) is 4.35. The van der Waals surface area contributed by atoms with E-state index in [2.05, 4.69) is 6.58 Å². The molecule has 2 N–H and O–H groups in total. The maximum atomic E-state index is 13.9. The summed E-state index contributed by atoms with van der Waals surface area (Å²) in [6.07, 6.45) is 3.81. The first-order chi connectivity index (χ1) is 8.06. The quantitative estimate of drug-likeness (QED) is 0.607. The number of nitrogens with zero attached hydrogens (tertiary/aromatic N) is 1. The van der Waals surface area contributed by atoms with Crippen LogP contribution in [0.25, 0.3) is 0 Å². The van der Waals surface area contributed by atoms with Crippen LogP contribution in [0, 0.1) is 5.82 Å². The molecular weight excluding hydrogens is 215 g/mol. The molecule has 1 atom stereocenters. The fraction of sp³-hybridized carbons (Fsp3) is 0.429. The summed E-state index contributed by atoms with van der Waals surface area (Å²) < 4.78 is 13.9. The monoisotopic (exact) mass is 236 g/mol. The Bertz CT molecular complexity index is 374. The van der Waals surface area contributed by atoms with Crippen LogP contribution < -0.4 is 10.6 Å². The summed E-state index contributed by atoms with van der Waals surface area (Å²) in [5.74, 6) is -0.207. The summed E-state index contributed by atoms with van der Waals surface area (Å²) in [7, 11) is 1.90. The van der Waals surface area contributed by atoms with Crippen LogP contribution in [0.2, 0.25) is 0 Å². The Kier molecular flexibility index (Phi) is 5.16. The maximum absolute atomic E-state index is 13.9. The van der Waals surface area contributed by atoms with Crippen molar-refractivity contribution in [2.24, 2.45) is 5.73 Å². The van der Waals surface area contributed by atoms with Gasteiger partial charge in [-0.2, -0.15) is 0 Å². The van der Waals surface area contributed by atoms with Crippen molar-refractivity contribution in [1.82, 2.24) is 0 Å². The minimum absolute atomic E-state index is 0.135. The molecule has 0 radical (unpaired) electrons. The van der Waals surface area contributed by atoms with Gasteiger partial charge in [-0.15, -0.1) is 6.58 Å². The highest BCUT2D eigenvalue weighted by Gasteiger charge is 2.09. The van der Waals surface area contributed by atoms with Gasteiger partial charge in [0.25, 0.3) is 0 Å². The lowest BCUT2D eigenvalue weighted by Gasteiger charge is -2.20. The van der Waals surface area contributed by atoms with E-state index in [1.165, 1.54) is 6.07 Å². The molecule has 0 saturated heterocycles. The van der Waals surface area contributed by atoms with E-state index in [1.54, 1.807) is 6.07 Å². The highest BCUT2D eigenvalue weighted by atomic mass is 19.1. The van der Waals surface area contributed by atoms with Gasteiger partial charge < -0.3 is 10.6 Å². The number of halogens is 1. The predicted octanol–water partition coefficient (Wildman–Crippen LogP) is 3.25. The first-order valence-electron chi connectivity index (χ1n) is 5.93. The number of anilines is 1. The van der Waals surface area contributed by atoms with Gasteiger partial charge in [-0.1, -0.05) is 12.1 Å². The largest absolute Gasteiger partial charge is 0.372 e. The summed E-state index contributed by atoms with van der Waals surface area (Å²) in [4.78, 5) is 1.92. The van der Waals surface area contributed by atoms with Crippen molar-refractivity contribution in [3.05, 3.63) is 42.2 Å². The van der Waals surface area contributed by atoms with Crippen molar-refractivity contribution in [2.75, 3.05) is 18.5 Å². The minimum atomic E-state index is -0.207. The summed E-state index contributed by atoms with van der Waals surface area (Å²) in [6, 6.07) is 5.06. The number of allylic oxidation sites excluding steroid dienone is 1. The highest BCUT2D eigenvalue weighted by molar-refractivity contribution is 5.48. The molecule has 1 unspecified atom stereocenters. The summed E-state index contributed by atoms with van der Waals surface area (Å²) in [6.45, 7) is 6.34. The molecule has 0 bridgehead atoms. The lowest BCUT2D eigenvalue weighted by Crippen LogP contribution is -2.20. The zero-order chi connectivity index (χ0) is 12.8. The average molecular weight is 236 g/mol. The molecule has 0 spiro atoms. The Morgan fingerprint density at radius 2 is 2.24 bits per heavy atom. The van der Waals surface area contributed by atoms with E-state index in [4.69, 9.17) is 5.73 Å². The van der Waals surface area contributed by atoms with Crippen molar-refractivity contribution in [3.63, 3.8) is 0 Å². The van der Waals surface area contributed by atoms with Crippen LogP contribution in [-0.2, 0) is 0 Å². The topological polar surface area (TPSA) is 29.3 Å². The van der Waals surface area contributed by atoms with Crippen molar-refractivity contribution >= 4 is 5.69 Å². The zero-order valence-electron chi connectivity index (χ0n) is 10.6. The SMILES string of the molecule is C=CCCCN(C)c1ccc(C(C)N)cc1F. The Balaban J connectivity index is 2.73. The number of rotatable bonds is 6. The van der Waals surface area contributed by atoms with Crippen LogP contribution in [0.4, 0.5) is 10.1 Å². The number of hydrogen-bond donors (Lipinski definition) is 1. The Labute approximate surface area is 103 Å². The summed E-state index contributed by atoms with van der Waals surface area (Å²) >= 11 is 0. The van der Waals surface area contributed by atoms with Gasteiger partial charge in [0.15, 0.2) is 0 Å². The molecule has 0 aliphatic heterocycles. The first kappa shape index (κ1) is 13.7. The number of unbranched alkanes of at least 4 members (excludes halogenated alkanes) is 1. The molecule has 2 nitrogen and oxygen atoms in total. The van der Waals surface area contributed by atoms with Gasteiger partial charge in [-0.25, -0.2) is 4.39 Å². The highest BCUT2D eigenvalue weighted by Crippen LogP contribution is 2.22. The van der Waals surface area contributed by atoms with Crippen LogP contribution in [0.3, 0.4) is 0 Å². The van der Waals surface area contributed by atoms with Crippen LogP contribution in [-0.4, -0.2) is 13.6 Å². The molecule has 0 aliphatic carbocycles. The smallest absolute Gasteiger partial charge is 0.146 e. The fourth-order valence-electron chi connectivity index (χ4n) is 1.71. The third kappa shape index (κ3) is 3.86. The third-order valence-corrected chi connectivity index (χ3v) is 2.81. The molecular formula is C14H21FN2. The standard InChI is InChI=1S/C14H21FN2/c1-4-5-6-9-17(3)14-8-7-12(11(2)16)10-13(14)15/h4,7-8,10-11H,1,5-6,9,16H2,2-3H3. The number of benzene rings is 1. The van der Waals surface area contributed by atoms with Crippen molar-refractivity contribution in [2.45, 2.75) is 25.8 Å². The van der Waals surface area contributed by atoms with E-state index in [0.717, 1.165) is 24.9 Å². The second kappa shape index (κ2) is 6.40. The molecule has 1 rings (SSSR count).